The van der Waals surface area contributed by atoms with E-state index in [2.05, 4.69) is 48.3 Å². The van der Waals surface area contributed by atoms with E-state index in [-0.39, 0.29) is 62.4 Å². The maximum absolute atomic E-state index is 14.3. The van der Waals surface area contributed by atoms with E-state index in [0.29, 0.717) is 53.6 Å². The van der Waals surface area contributed by atoms with Crippen LogP contribution in [0.1, 0.15) is 65.5 Å². The Balaban J connectivity index is 0.000000219. The van der Waals surface area contributed by atoms with Crippen LogP contribution in [-0.2, 0) is 43.4 Å². The minimum Gasteiger partial charge on any atom is -0.489 e. The number of nitrogens with zero attached hydrogens (tertiary/aromatic N) is 8. The van der Waals surface area contributed by atoms with Gasteiger partial charge in [-0.25, -0.2) is 14.1 Å². The third-order valence-corrected chi connectivity index (χ3v) is 13.8. The molecule has 2 aliphatic rings. The summed E-state index contributed by atoms with van der Waals surface area (Å²) in [6.07, 6.45) is 2.77. The first kappa shape index (κ1) is 61.9. The zero-order chi connectivity index (χ0) is 54.6. The lowest BCUT2D eigenvalue weighted by molar-refractivity contribution is -0.137. The van der Waals surface area contributed by atoms with Crippen LogP contribution in [0.15, 0.2) is 69.3 Å². The van der Waals surface area contributed by atoms with Crippen LogP contribution in [0.2, 0.25) is 10.3 Å². The molecule has 2 amide bonds. The molecule has 17 nitrogen and oxygen atoms in total. The number of carbonyl (C=O) groups excluding carboxylic acids is 3. The van der Waals surface area contributed by atoms with Crippen LogP contribution in [0, 0.1) is 12.7 Å². The molecule has 0 saturated carbocycles. The SMILES string of the molecule is CC1COc2ccccc2N1C(=O)C(Cl)Cl.CCNc1nc(Cl)nc(NC(C)C)n1.CCc1cccc(C)c1N(C(=O)CCl)C(C)COC.COC(=O)CSc1cc(/N=c2\sc(=O)n3n2CCCC3)c(F)cc1Cl. The van der Waals surface area contributed by atoms with Gasteiger partial charge in [0.1, 0.15) is 29.7 Å². The molecular formula is C49H62Cl5FN10O7S2. The van der Waals surface area contributed by atoms with Crippen LogP contribution in [0.3, 0.4) is 0 Å². The Morgan fingerprint density at radius 3 is 2.32 bits per heavy atom. The molecule has 3 aromatic carbocycles. The van der Waals surface area contributed by atoms with E-state index < -0.39 is 16.6 Å². The molecule has 25 heteroatoms. The van der Waals surface area contributed by atoms with E-state index in [0.717, 1.165) is 77.5 Å². The molecule has 2 aliphatic heterocycles. The Morgan fingerprint density at radius 2 is 1.69 bits per heavy atom. The van der Waals surface area contributed by atoms with Gasteiger partial charge >= 0.3 is 10.8 Å². The summed E-state index contributed by atoms with van der Waals surface area (Å²) in [5, 5.41) is 6.43. The molecule has 0 saturated heterocycles. The van der Waals surface area contributed by atoms with Gasteiger partial charge in [0.25, 0.3) is 5.91 Å². The van der Waals surface area contributed by atoms with Gasteiger partial charge in [0.05, 0.1) is 48.0 Å². The predicted molar refractivity (Wildman–Crippen MR) is 297 cm³/mol. The molecule has 2 aromatic heterocycles. The minimum absolute atomic E-state index is 0.0223. The Hall–Kier alpha value is -4.67. The summed E-state index contributed by atoms with van der Waals surface area (Å²) in [6.45, 7) is 17.0. The van der Waals surface area contributed by atoms with E-state index in [4.69, 9.17) is 67.5 Å². The maximum Gasteiger partial charge on any atom is 0.325 e. The number of hydrogen-bond acceptors (Lipinski definition) is 15. The molecule has 0 fully saturated rings. The van der Waals surface area contributed by atoms with E-state index >= 15 is 0 Å². The second-order valence-corrected chi connectivity index (χ2v) is 20.7. The number of amides is 2. The number of para-hydroxylation sites is 3. The van der Waals surface area contributed by atoms with E-state index in [9.17, 15) is 23.6 Å². The van der Waals surface area contributed by atoms with Gasteiger partial charge in [0, 0.05) is 37.7 Å². The zero-order valence-electron chi connectivity index (χ0n) is 42.6. The van der Waals surface area contributed by atoms with Crippen molar-refractivity contribution in [3.8, 4) is 5.75 Å². The Kier molecular flexibility index (Phi) is 25.7. The number of nitrogens with one attached hydrogen (secondary N) is 2. The number of ether oxygens (including phenoxy) is 3. The summed E-state index contributed by atoms with van der Waals surface area (Å²) in [7, 11) is 2.93. The average Bonchev–Trinajstić information content (AvgIpc) is 3.68. The normalized spacial score (nSPS) is 14.1. The molecule has 0 spiro atoms. The van der Waals surface area contributed by atoms with Crippen LogP contribution in [0.4, 0.5) is 33.3 Å². The van der Waals surface area contributed by atoms with Gasteiger partial charge in [-0.15, -0.1) is 23.4 Å². The third kappa shape index (κ3) is 17.7. The smallest absolute Gasteiger partial charge is 0.325 e. The summed E-state index contributed by atoms with van der Waals surface area (Å²) in [6, 6.07) is 16.2. The van der Waals surface area contributed by atoms with E-state index in [1.54, 1.807) is 26.3 Å². The minimum atomic E-state index is -1.05. The Bertz CT molecular complexity index is 2800. The lowest BCUT2D eigenvalue weighted by atomic mass is 10.0. The van der Waals surface area contributed by atoms with Crippen molar-refractivity contribution >= 4 is 128 Å². The van der Waals surface area contributed by atoms with Crippen LogP contribution in [0.25, 0.3) is 0 Å². The number of esters is 1. The highest BCUT2D eigenvalue weighted by molar-refractivity contribution is 8.00. The van der Waals surface area contributed by atoms with Crippen molar-refractivity contribution in [2.75, 3.05) is 66.0 Å². The summed E-state index contributed by atoms with van der Waals surface area (Å²) < 4.78 is 32.9. The Labute approximate surface area is 464 Å². The van der Waals surface area contributed by atoms with Crippen molar-refractivity contribution < 1.29 is 33.0 Å². The van der Waals surface area contributed by atoms with Crippen molar-refractivity contribution in [1.82, 2.24) is 24.3 Å². The molecule has 0 radical (unpaired) electrons. The topological polar surface area (TPSA) is 187 Å². The van der Waals surface area contributed by atoms with Crippen LogP contribution >= 0.6 is 81.1 Å². The van der Waals surface area contributed by atoms with Gasteiger partial charge in [-0.2, -0.15) is 15.0 Å². The molecule has 74 heavy (non-hydrogen) atoms. The number of alkyl halides is 3. The van der Waals surface area contributed by atoms with E-state index in [1.165, 1.54) is 13.2 Å². The van der Waals surface area contributed by atoms with Crippen molar-refractivity contribution in [2.45, 2.75) is 109 Å². The summed E-state index contributed by atoms with van der Waals surface area (Å²) >= 11 is 30.9. The van der Waals surface area contributed by atoms with Crippen molar-refractivity contribution in [1.29, 1.82) is 0 Å². The van der Waals surface area contributed by atoms with Crippen molar-refractivity contribution in [2.24, 2.45) is 4.99 Å². The van der Waals surface area contributed by atoms with Crippen LogP contribution in [-0.4, -0.2) is 111 Å². The lowest BCUT2D eigenvalue weighted by Crippen LogP contribution is -2.47. The molecule has 2 atom stereocenters. The quantitative estimate of drug-likeness (QED) is 0.0573. The summed E-state index contributed by atoms with van der Waals surface area (Å²) in [4.78, 5) is 66.9. The number of rotatable bonds is 15. The first-order valence-electron chi connectivity index (χ1n) is 23.5. The highest BCUT2D eigenvalue weighted by Gasteiger charge is 2.32. The molecule has 5 aromatic rings. The molecule has 2 unspecified atom stereocenters. The standard InChI is InChI=1S/C15H15ClFN3O3S2.C15H22ClNO2.C11H11Cl2NO2.C8H14ClN5/c1-23-13(21)8-24-12-7-11(10(17)6-9(12)16)18-14-19-4-2-3-5-20(19)15(22)25-14;1-5-13-8-6-7-11(2)15(13)17(14(18)9-16)12(3)10-19-4;1-7-6-16-9-5-3-2-4-8(9)14(7)11(15)10(12)13;1-4-10-7-12-6(9)13-8(14-7)11-5(2)3/h6-7H,2-5,8H2,1H3;6-8,12H,5,9-10H2,1-4H3;2-5,7,10H,6H2,1H3;5H,4H2,1-3H3,(H2,10,11,12,13,14)/b18-14-;;;. The molecule has 4 heterocycles. The summed E-state index contributed by atoms with van der Waals surface area (Å²) in [5.41, 5.74) is 4.01. The summed E-state index contributed by atoms with van der Waals surface area (Å²) in [5.74, 6) is 0.329. The van der Waals surface area contributed by atoms with Gasteiger partial charge in [-0.3, -0.25) is 23.9 Å². The second kappa shape index (κ2) is 30.8. The monoisotopic (exact) mass is 1160 g/mol. The fourth-order valence-electron chi connectivity index (χ4n) is 7.40. The number of fused-ring (bicyclic) bond motifs is 2. The lowest BCUT2D eigenvalue weighted by Gasteiger charge is -2.35. The van der Waals surface area contributed by atoms with Gasteiger partial charge in [-0.05, 0) is 119 Å². The number of hydrogen-bond donors (Lipinski definition) is 2. The number of carbonyl (C=O) groups is 3. The second-order valence-electron chi connectivity index (χ2n) is 16.7. The number of anilines is 4. The predicted octanol–water partition coefficient (Wildman–Crippen LogP) is 10.3. The number of halogens is 6. The van der Waals surface area contributed by atoms with Gasteiger partial charge in [0.2, 0.25) is 27.9 Å². The largest absolute Gasteiger partial charge is 0.489 e. The molecule has 0 bridgehead atoms. The molecule has 2 N–H and O–H groups in total. The number of thioether (sulfide) groups is 1. The number of benzene rings is 3. The molecular weight excluding hydrogens is 1100 g/mol. The first-order chi connectivity index (χ1) is 35.3. The average molecular weight is 1160 g/mol. The zero-order valence-corrected chi connectivity index (χ0v) is 48.0. The van der Waals surface area contributed by atoms with Crippen molar-refractivity contribution in [3.05, 3.63) is 96.3 Å². The van der Waals surface area contributed by atoms with E-state index in [1.807, 2.05) is 77.9 Å². The number of aryl methyl sites for hydroxylation is 2. The molecule has 0 aliphatic carbocycles. The highest BCUT2D eigenvalue weighted by atomic mass is 35.5. The van der Waals surface area contributed by atoms with Crippen LogP contribution in [0.5, 0.6) is 5.75 Å². The fraction of sp³-hybridized carbons (Fsp3) is 0.469. The third-order valence-electron chi connectivity index (χ3n) is 10.7. The van der Waals surface area contributed by atoms with Crippen LogP contribution < -0.4 is 34.8 Å². The molecule has 404 valence electrons. The highest BCUT2D eigenvalue weighted by Crippen LogP contribution is 2.35. The molecule has 7 rings (SSSR count). The van der Waals surface area contributed by atoms with Gasteiger partial charge in [0.15, 0.2) is 4.84 Å². The fourth-order valence-corrected chi connectivity index (χ4v) is 9.89. The first-order valence-corrected chi connectivity index (χ1v) is 27.5. The number of aromatic nitrogens is 5. The maximum atomic E-state index is 14.3. The Morgan fingerprint density at radius 1 is 1.00 bits per heavy atom. The van der Waals surface area contributed by atoms with Crippen molar-refractivity contribution in [3.63, 3.8) is 0 Å². The number of methoxy groups -OCH3 is 2. The van der Waals surface area contributed by atoms with Gasteiger partial charge in [-0.1, -0.05) is 72.1 Å². The van der Waals surface area contributed by atoms with Gasteiger partial charge < -0.3 is 34.6 Å².